The van der Waals surface area contributed by atoms with E-state index in [0.717, 1.165) is 24.8 Å². The molecule has 0 bridgehead atoms. The van der Waals surface area contributed by atoms with Gasteiger partial charge in [0, 0.05) is 5.92 Å². The zero-order valence-electron chi connectivity index (χ0n) is 20.7. The van der Waals surface area contributed by atoms with Crippen LogP contribution in [-0.2, 0) is 25.5 Å². The summed E-state index contributed by atoms with van der Waals surface area (Å²) < 4.78 is 11.4. The Morgan fingerprint density at radius 2 is 1.88 bits per heavy atom. The summed E-state index contributed by atoms with van der Waals surface area (Å²) >= 11 is 0. The monoisotopic (exact) mass is 450 g/mol. The van der Waals surface area contributed by atoms with Crippen LogP contribution in [0.3, 0.4) is 0 Å². The second-order valence-corrected chi connectivity index (χ2v) is 10.9. The summed E-state index contributed by atoms with van der Waals surface area (Å²) in [5.41, 5.74) is 1.58. The quantitative estimate of drug-likeness (QED) is 0.492. The molecule has 2 aliphatic rings. The van der Waals surface area contributed by atoms with Gasteiger partial charge in [0.1, 0.15) is 6.10 Å². The van der Waals surface area contributed by atoms with Gasteiger partial charge in [-0.1, -0.05) is 63.6 Å². The average molecular weight is 451 g/mol. The molecule has 4 nitrogen and oxygen atoms in total. The van der Waals surface area contributed by atoms with Gasteiger partial charge in [0.2, 0.25) is 0 Å². The molecule has 0 spiro atoms. The summed E-state index contributed by atoms with van der Waals surface area (Å²) in [4.78, 5) is 26.3. The van der Waals surface area contributed by atoms with Gasteiger partial charge in [0.05, 0.1) is 18.9 Å². The highest BCUT2D eigenvalue weighted by Crippen LogP contribution is 2.50. The topological polar surface area (TPSA) is 52.6 Å². The minimum absolute atomic E-state index is 0.0368. The molecular formula is C29H38O4. The SMILES string of the molecule is COC(=O)C1(C)CCc2c(ccc3ccccc23)C1CC(=O)OC1CC(C)CCC1C(C)C. The highest BCUT2D eigenvalue weighted by Gasteiger charge is 2.48. The molecule has 2 aromatic rings. The van der Waals surface area contributed by atoms with Gasteiger partial charge < -0.3 is 9.47 Å². The van der Waals surface area contributed by atoms with Gasteiger partial charge in [-0.25, -0.2) is 0 Å². The molecule has 1 saturated carbocycles. The molecule has 2 aliphatic carbocycles. The Labute approximate surface area is 198 Å². The Balaban J connectivity index is 1.65. The van der Waals surface area contributed by atoms with Crippen LogP contribution in [0.4, 0.5) is 0 Å². The van der Waals surface area contributed by atoms with Gasteiger partial charge in [-0.15, -0.1) is 0 Å². The number of ether oxygens (including phenoxy) is 2. The Kier molecular flexibility index (Phi) is 6.83. The maximum atomic E-state index is 13.4. The summed E-state index contributed by atoms with van der Waals surface area (Å²) in [6.07, 6.45) is 4.85. The molecular weight excluding hydrogens is 412 g/mol. The van der Waals surface area contributed by atoms with Crippen molar-refractivity contribution in [1.29, 1.82) is 0 Å². The highest BCUT2D eigenvalue weighted by molar-refractivity contribution is 5.89. The fraction of sp³-hybridized carbons (Fsp3) is 0.586. The molecule has 178 valence electrons. The van der Waals surface area contributed by atoms with E-state index in [4.69, 9.17) is 9.47 Å². The molecule has 0 aliphatic heterocycles. The molecule has 2 aromatic carbocycles. The minimum atomic E-state index is -0.749. The van der Waals surface area contributed by atoms with Crippen LogP contribution in [0.25, 0.3) is 10.8 Å². The molecule has 4 rings (SSSR count). The van der Waals surface area contributed by atoms with Crippen molar-refractivity contribution in [2.24, 2.45) is 23.2 Å². The zero-order chi connectivity index (χ0) is 23.8. The van der Waals surface area contributed by atoms with E-state index < -0.39 is 5.41 Å². The summed E-state index contributed by atoms with van der Waals surface area (Å²) in [5, 5.41) is 2.40. The van der Waals surface area contributed by atoms with Crippen molar-refractivity contribution in [2.75, 3.05) is 7.11 Å². The Morgan fingerprint density at radius 3 is 2.61 bits per heavy atom. The van der Waals surface area contributed by atoms with E-state index in [1.807, 2.05) is 13.0 Å². The summed E-state index contributed by atoms with van der Waals surface area (Å²) in [5.74, 6) is 0.757. The molecule has 5 unspecified atom stereocenters. The third-order valence-corrected chi connectivity index (χ3v) is 8.38. The first kappa shape index (κ1) is 23.8. The lowest BCUT2D eigenvalue weighted by molar-refractivity contribution is -0.160. The van der Waals surface area contributed by atoms with Gasteiger partial charge >= 0.3 is 11.9 Å². The van der Waals surface area contributed by atoms with E-state index in [-0.39, 0.29) is 30.4 Å². The van der Waals surface area contributed by atoms with E-state index in [2.05, 4.69) is 51.1 Å². The number of benzene rings is 2. The second kappa shape index (κ2) is 9.48. The van der Waals surface area contributed by atoms with E-state index in [1.54, 1.807) is 0 Å². The predicted molar refractivity (Wildman–Crippen MR) is 131 cm³/mol. The molecule has 0 amide bonds. The molecule has 0 saturated heterocycles. The summed E-state index contributed by atoms with van der Waals surface area (Å²) in [6.45, 7) is 8.64. The van der Waals surface area contributed by atoms with Crippen molar-refractivity contribution >= 4 is 22.7 Å². The number of hydrogen-bond donors (Lipinski definition) is 0. The van der Waals surface area contributed by atoms with E-state index >= 15 is 0 Å². The highest BCUT2D eigenvalue weighted by atomic mass is 16.5. The number of carbonyl (C=O) groups excluding carboxylic acids is 2. The minimum Gasteiger partial charge on any atom is -0.469 e. The van der Waals surface area contributed by atoms with Crippen molar-refractivity contribution in [3.05, 3.63) is 47.5 Å². The molecule has 33 heavy (non-hydrogen) atoms. The fourth-order valence-corrected chi connectivity index (χ4v) is 6.31. The van der Waals surface area contributed by atoms with Crippen LogP contribution in [0.2, 0.25) is 0 Å². The van der Waals surface area contributed by atoms with Gasteiger partial charge in [-0.2, -0.15) is 0 Å². The number of rotatable bonds is 5. The van der Waals surface area contributed by atoms with Crippen LogP contribution in [0.15, 0.2) is 36.4 Å². The number of hydrogen-bond acceptors (Lipinski definition) is 4. The van der Waals surface area contributed by atoms with Gasteiger partial charge in [-0.05, 0) is 72.3 Å². The normalized spacial score (nSPS) is 29.5. The number of fused-ring (bicyclic) bond motifs is 3. The summed E-state index contributed by atoms with van der Waals surface area (Å²) in [6, 6.07) is 12.6. The fourth-order valence-electron chi connectivity index (χ4n) is 6.31. The third kappa shape index (κ3) is 4.54. The zero-order valence-corrected chi connectivity index (χ0v) is 20.7. The van der Waals surface area contributed by atoms with Crippen LogP contribution >= 0.6 is 0 Å². The van der Waals surface area contributed by atoms with Crippen LogP contribution in [-0.4, -0.2) is 25.2 Å². The lowest BCUT2D eigenvalue weighted by Gasteiger charge is -2.41. The van der Waals surface area contributed by atoms with Crippen LogP contribution in [0.1, 0.15) is 76.8 Å². The number of aryl methyl sites for hydroxylation is 1. The molecule has 0 N–H and O–H groups in total. The molecule has 0 aromatic heterocycles. The molecule has 5 atom stereocenters. The van der Waals surface area contributed by atoms with Crippen LogP contribution < -0.4 is 0 Å². The van der Waals surface area contributed by atoms with Crippen molar-refractivity contribution in [3.63, 3.8) is 0 Å². The standard InChI is InChI=1S/C29H38O4/c1-18(2)21-12-10-19(3)16-26(21)33-27(30)17-25-24-13-11-20-8-6-7-9-22(20)23(24)14-15-29(25,4)28(31)32-5/h6-9,11,13,18-19,21,25-26H,10,12,14-17H2,1-5H3. The Bertz CT molecular complexity index is 1030. The number of carbonyl (C=O) groups is 2. The van der Waals surface area contributed by atoms with Gasteiger partial charge in [0.25, 0.3) is 0 Å². The second-order valence-electron chi connectivity index (χ2n) is 10.9. The van der Waals surface area contributed by atoms with E-state index in [9.17, 15) is 9.59 Å². The third-order valence-electron chi connectivity index (χ3n) is 8.38. The molecule has 1 fully saturated rings. The van der Waals surface area contributed by atoms with Gasteiger partial charge in [0.15, 0.2) is 0 Å². The van der Waals surface area contributed by atoms with Crippen molar-refractivity contribution in [1.82, 2.24) is 0 Å². The maximum Gasteiger partial charge on any atom is 0.312 e. The Morgan fingerprint density at radius 1 is 1.12 bits per heavy atom. The van der Waals surface area contributed by atoms with E-state index in [0.29, 0.717) is 24.2 Å². The van der Waals surface area contributed by atoms with Crippen LogP contribution in [0.5, 0.6) is 0 Å². The lowest BCUT2D eigenvalue weighted by Crippen LogP contribution is -2.41. The average Bonchev–Trinajstić information content (AvgIpc) is 2.79. The largest absolute Gasteiger partial charge is 0.469 e. The van der Waals surface area contributed by atoms with Crippen molar-refractivity contribution in [2.45, 2.75) is 78.2 Å². The summed E-state index contributed by atoms with van der Waals surface area (Å²) in [7, 11) is 1.44. The van der Waals surface area contributed by atoms with Crippen LogP contribution in [0, 0.1) is 23.2 Å². The first-order valence-electron chi connectivity index (χ1n) is 12.5. The molecule has 0 radical (unpaired) electrons. The van der Waals surface area contributed by atoms with E-state index in [1.165, 1.54) is 29.9 Å². The maximum absolute atomic E-state index is 13.4. The van der Waals surface area contributed by atoms with Crippen molar-refractivity contribution < 1.29 is 19.1 Å². The first-order chi connectivity index (χ1) is 15.7. The molecule has 0 heterocycles. The number of methoxy groups -OCH3 is 1. The lowest BCUT2D eigenvalue weighted by atomic mass is 9.63. The first-order valence-corrected chi connectivity index (χ1v) is 12.5. The Hall–Kier alpha value is -2.36. The smallest absolute Gasteiger partial charge is 0.312 e. The van der Waals surface area contributed by atoms with Crippen molar-refractivity contribution in [3.8, 4) is 0 Å². The predicted octanol–water partition coefficient (Wildman–Crippen LogP) is 6.44. The van der Waals surface area contributed by atoms with Gasteiger partial charge in [-0.3, -0.25) is 9.59 Å². The molecule has 4 heteroatoms. The number of esters is 2.